The molecule has 0 amide bonds. The summed E-state index contributed by atoms with van der Waals surface area (Å²) in [4.78, 5) is 25.2. The maximum atomic E-state index is 13.8. The molecule has 0 saturated heterocycles. The van der Waals surface area contributed by atoms with E-state index in [0.29, 0.717) is 6.42 Å². The van der Waals surface area contributed by atoms with Crippen LogP contribution < -0.4 is 4.74 Å². The Morgan fingerprint density at radius 2 is 1.13 bits per heavy atom. The van der Waals surface area contributed by atoms with Gasteiger partial charge in [-0.2, -0.15) is 8.78 Å². The highest BCUT2D eigenvalue weighted by Gasteiger charge is 2.47. The number of halogens is 5. The SMILES string of the molecule is CCCCCCCCCOC(=O)C(CC)(CC)C(=O)Oc1c(F)c(F)c(F)c(F)c1F. The van der Waals surface area contributed by atoms with Crippen LogP contribution in [0.1, 0.15) is 78.6 Å². The first kappa shape index (κ1) is 26.8. The van der Waals surface area contributed by atoms with Gasteiger partial charge < -0.3 is 9.47 Å². The van der Waals surface area contributed by atoms with Crippen LogP contribution in [0, 0.1) is 34.5 Å². The lowest BCUT2D eigenvalue weighted by Crippen LogP contribution is -2.43. The summed E-state index contributed by atoms with van der Waals surface area (Å²) in [6.07, 6.45) is 6.60. The minimum absolute atomic E-state index is 0.0458. The highest BCUT2D eigenvalue weighted by atomic mass is 19.2. The number of carbonyl (C=O) groups is 2. The third kappa shape index (κ3) is 6.40. The zero-order valence-electron chi connectivity index (χ0n) is 18.1. The largest absolute Gasteiger partial charge is 0.465 e. The number of unbranched alkanes of at least 4 members (excludes halogenated alkanes) is 6. The van der Waals surface area contributed by atoms with E-state index >= 15 is 0 Å². The van der Waals surface area contributed by atoms with Crippen LogP contribution in [0.25, 0.3) is 0 Å². The molecule has 0 aliphatic carbocycles. The van der Waals surface area contributed by atoms with Gasteiger partial charge >= 0.3 is 11.9 Å². The molecule has 1 aromatic carbocycles. The van der Waals surface area contributed by atoms with Crippen LogP contribution in [0.2, 0.25) is 0 Å². The second-order valence-electron chi connectivity index (χ2n) is 7.34. The van der Waals surface area contributed by atoms with Gasteiger partial charge in [0.05, 0.1) is 6.61 Å². The van der Waals surface area contributed by atoms with Gasteiger partial charge in [-0.25, -0.2) is 13.2 Å². The highest BCUT2D eigenvalue weighted by Crippen LogP contribution is 2.34. The summed E-state index contributed by atoms with van der Waals surface area (Å²) >= 11 is 0. The van der Waals surface area contributed by atoms with E-state index in [0.717, 1.165) is 38.5 Å². The summed E-state index contributed by atoms with van der Waals surface area (Å²) in [5.74, 6) is -15.6. The summed E-state index contributed by atoms with van der Waals surface area (Å²) in [7, 11) is 0. The van der Waals surface area contributed by atoms with Gasteiger partial charge in [0.1, 0.15) is 0 Å². The molecule has 0 saturated carbocycles. The van der Waals surface area contributed by atoms with Crippen molar-refractivity contribution in [2.24, 2.45) is 5.41 Å². The van der Waals surface area contributed by atoms with Gasteiger partial charge in [0.15, 0.2) is 5.41 Å². The first-order valence-corrected chi connectivity index (χ1v) is 10.6. The topological polar surface area (TPSA) is 52.6 Å². The second kappa shape index (κ2) is 12.6. The Morgan fingerprint density at radius 3 is 1.61 bits per heavy atom. The molecule has 1 aromatic rings. The van der Waals surface area contributed by atoms with E-state index in [-0.39, 0.29) is 19.4 Å². The van der Waals surface area contributed by atoms with Crippen LogP contribution in [-0.4, -0.2) is 18.5 Å². The Kier molecular flexibility index (Phi) is 10.9. The van der Waals surface area contributed by atoms with Gasteiger partial charge in [-0.1, -0.05) is 59.3 Å². The summed E-state index contributed by atoms with van der Waals surface area (Å²) in [6.45, 7) is 5.07. The molecule has 0 aliphatic heterocycles. The molecule has 0 heterocycles. The number of rotatable bonds is 13. The summed E-state index contributed by atoms with van der Waals surface area (Å²) < 4.78 is 77.3. The van der Waals surface area contributed by atoms with E-state index in [1.807, 2.05) is 0 Å². The van der Waals surface area contributed by atoms with Crippen molar-refractivity contribution < 1.29 is 41.0 Å². The molecule has 0 bridgehead atoms. The lowest BCUT2D eigenvalue weighted by atomic mass is 9.82. The minimum atomic E-state index is -2.37. The van der Waals surface area contributed by atoms with Gasteiger partial charge in [-0.3, -0.25) is 9.59 Å². The van der Waals surface area contributed by atoms with E-state index in [1.54, 1.807) is 0 Å². The molecule has 0 atom stereocenters. The Morgan fingerprint density at radius 1 is 0.677 bits per heavy atom. The highest BCUT2D eigenvalue weighted by molar-refractivity contribution is 6.00. The first-order valence-electron chi connectivity index (χ1n) is 10.6. The number of esters is 2. The number of hydrogen-bond acceptors (Lipinski definition) is 4. The second-order valence-corrected chi connectivity index (χ2v) is 7.34. The van der Waals surface area contributed by atoms with Gasteiger partial charge in [0.25, 0.3) is 0 Å². The fourth-order valence-corrected chi connectivity index (χ4v) is 3.14. The smallest absolute Gasteiger partial charge is 0.329 e. The molecule has 9 heteroatoms. The van der Waals surface area contributed by atoms with Crippen molar-refractivity contribution >= 4 is 11.9 Å². The number of carbonyl (C=O) groups excluding carboxylic acids is 2. The van der Waals surface area contributed by atoms with Crippen LogP contribution in [0.5, 0.6) is 5.75 Å². The lowest BCUT2D eigenvalue weighted by Gasteiger charge is -2.27. The van der Waals surface area contributed by atoms with E-state index in [9.17, 15) is 31.5 Å². The Labute approximate surface area is 179 Å². The predicted molar refractivity (Wildman–Crippen MR) is 104 cm³/mol. The van der Waals surface area contributed by atoms with Crippen molar-refractivity contribution in [1.82, 2.24) is 0 Å². The average molecular weight is 452 g/mol. The van der Waals surface area contributed by atoms with Crippen molar-refractivity contribution in [1.29, 1.82) is 0 Å². The van der Waals surface area contributed by atoms with E-state index in [2.05, 4.69) is 11.7 Å². The summed E-state index contributed by atoms with van der Waals surface area (Å²) in [5, 5.41) is 0. The zero-order valence-corrected chi connectivity index (χ0v) is 18.1. The minimum Gasteiger partial charge on any atom is -0.465 e. The van der Waals surface area contributed by atoms with Crippen molar-refractivity contribution in [3.05, 3.63) is 29.1 Å². The predicted octanol–water partition coefficient (Wildman–Crippen LogP) is 6.39. The van der Waals surface area contributed by atoms with Crippen LogP contribution in [0.3, 0.4) is 0 Å². The molecule has 0 aromatic heterocycles. The lowest BCUT2D eigenvalue weighted by molar-refractivity contribution is -0.168. The molecule has 0 radical (unpaired) electrons. The molecular formula is C22H29F5O4. The van der Waals surface area contributed by atoms with Gasteiger partial charge in [-0.05, 0) is 19.3 Å². The van der Waals surface area contributed by atoms with Crippen LogP contribution in [-0.2, 0) is 14.3 Å². The van der Waals surface area contributed by atoms with Crippen LogP contribution in [0.4, 0.5) is 22.0 Å². The van der Waals surface area contributed by atoms with Crippen LogP contribution in [0.15, 0.2) is 0 Å². The maximum Gasteiger partial charge on any atom is 0.329 e. The fourth-order valence-electron chi connectivity index (χ4n) is 3.14. The molecule has 0 unspecified atom stereocenters. The fraction of sp³-hybridized carbons (Fsp3) is 0.636. The Balaban J connectivity index is 2.83. The van der Waals surface area contributed by atoms with Crippen molar-refractivity contribution in [3.63, 3.8) is 0 Å². The van der Waals surface area contributed by atoms with E-state index in [4.69, 9.17) is 4.74 Å². The molecule has 1 rings (SSSR count). The Bertz CT molecular complexity index is 734. The molecule has 0 spiro atoms. The van der Waals surface area contributed by atoms with E-state index in [1.165, 1.54) is 13.8 Å². The third-order valence-electron chi connectivity index (χ3n) is 5.33. The normalized spacial score (nSPS) is 11.5. The van der Waals surface area contributed by atoms with E-state index < -0.39 is 52.2 Å². The van der Waals surface area contributed by atoms with Crippen molar-refractivity contribution in [2.45, 2.75) is 78.6 Å². The number of benzene rings is 1. The van der Waals surface area contributed by atoms with Crippen molar-refractivity contribution in [2.75, 3.05) is 6.61 Å². The van der Waals surface area contributed by atoms with Crippen LogP contribution >= 0.6 is 0 Å². The quantitative estimate of drug-likeness (QED) is 0.0662. The summed E-state index contributed by atoms with van der Waals surface area (Å²) in [6, 6.07) is 0. The molecule has 176 valence electrons. The standard InChI is InChI=1S/C22H29F5O4/c1-4-7-8-9-10-11-12-13-30-20(28)22(5-2,6-3)21(29)31-19-17(26)15(24)14(23)16(25)18(19)27/h4-13H2,1-3H3. The third-order valence-corrected chi connectivity index (χ3v) is 5.33. The molecule has 0 aliphatic rings. The van der Waals surface area contributed by atoms with Gasteiger partial charge in [-0.15, -0.1) is 0 Å². The first-order chi connectivity index (χ1) is 14.7. The number of ether oxygens (including phenoxy) is 2. The molecule has 31 heavy (non-hydrogen) atoms. The molecule has 0 N–H and O–H groups in total. The molecule has 0 fully saturated rings. The van der Waals surface area contributed by atoms with Gasteiger partial charge in [0, 0.05) is 0 Å². The van der Waals surface area contributed by atoms with Gasteiger partial charge in [0.2, 0.25) is 34.8 Å². The van der Waals surface area contributed by atoms with Crippen molar-refractivity contribution in [3.8, 4) is 5.75 Å². The maximum absolute atomic E-state index is 13.8. The average Bonchev–Trinajstić information content (AvgIpc) is 2.77. The molecule has 4 nitrogen and oxygen atoms in total. The summed E-state index contributed by atoms with van der Waals surface area (Å²) in [5.41, 5.74) is -1.93. The Hall–Kier alpha value is -2.19. The zero-order chi connectivity index (χ0) is 23.6. The molecular weight excluding hydrogens is 423 g/mol. The number of hydrogen-bond donors (Lipinski definition) is 0. The monoisotopic (exact) mass is 452 g/mol.